The summed E-state index contributed by atoms with van der Waals surface area (Å²) >= 11 is 0. The summed E-state index contributed by atoms with van der Waals surface area (Å²) in [6.45, 7) is 1.32. The van der Waals surface area contributed by atoms with E-state index in [0.29, 0.717) is 40.9 Å². The monoisotopic (exact) mass is 520 g/mol. The lowest BCUT2D eigenvalue weighted by Crippen LogP contribution is -2.40. The molecule has 38 heavy (non-hydrogen) atoms. The minimum absolute atomic E-state index is 0.0789. The molecule has 0 aliphatic carbocycles. The van der Waals surface area contributed by atoms with Crippen LogP contribution in [0.4, 0.5) is 25.0 Å². The van der Waals surface area contributed by atoms with Crippen LogP contribution in [0.15, 0.2) is 55.0 Å². The number of nitrogens with two attached hydrogens (primary N) is 1. The molecular weight excluding hydrogens is 494 g/mol. The van der Waals surface area contributed by atoms with Gasteiger partial charge in [0, 0.05) is 54.1 Å². The van der Waals surface area contributed by atoms with E-state index in [9.17, 15) is 18.7 Å². The van der Waals surface area contributed by atoms with Gasteiger partial charge in [-0.05, 0) is 48.2 Å². The van der Waals surface area contributed by atoms with E-state index in [-0.39, 0.29) is 17.5 Å². The average molecular weight is 521 g/mol. The molecule has 1 fully saturated rings. The molecule has 5 rings (SSSR count). The summed E-state index contributed by atoms with van der Waals surface area (Å²) in [5.41, 5.74) is 11.9. The first-order chi connectivity index (χ1) is 18.3. The lowest BCUT2D eigenvalue weighted by atomic mass is 9.96. The van der Waals surface area contributed by atoms with Gasteiger partial charge in [-0.2, -0.15) is 0 Å². The summed E-state index contributed by atoms with van der Waals surface area (Å²) < 4.78 is 28.4. The fourth-order valence-electron chi connectivity index (χ4n) is 4.76. The van der Waals surface area contributed by atoms with Crippen molar-refractivity contribution in [3.05, 3.63) is 66.6 Å². The number of nitrogens with one attached hydrogen (secondary N) is 2. The van der Waals surface area contributed by atoms with Gasteiger partial charge >= 0.3 is 6.03 Å². The van der Waals surface area contributed by atoms with Crippen LogP contribution in [0.5, 0.6) is 5.75 Å². The highest BCUT2D eigenvalue weighted by Gasteiger charge is 2.23. The fourth-order valence-corrected chi connectivity index (χ4v) is 4.76. The second kappa shape index (κ2) is 10.6. The lowest BCUT2D eigenvalue weighted by Gasteiger charge is -2.34. The van der Waals surface area contributed by atoms with Crippen molar-refractivity contribution in [3.8, 4) is 28.0 Å². The third-order valence-electron chi connectivity index (χ3n) is 6.54. The molecule has 3 heterocycles. The molecule has 2 aromatic carbocycles. The molecule has 0 atom stereocenters. The second-order valence-electron chi connectivity index (χ2n) is 9.08. The topological polar surface area (TPSA) is 126 Å². The van der Waals surface area contributed by atoms with E-state index < -0.39 is 17.7 Å². The number of halogens is 2. The minimum atomic E-state index is -0.684. The van der Waals surface area contributed by atoms with E-state index in [1.54, 1.807) is 12.3 Å². The largest absolute Gasteiger partial charge is 0.504 e. The van der Waals surface area contributed by atoms with Gasteiger partial charge in [-0.25, -0.2) is 19.1 Å². The predicted molar refractivity (Wildman–Crippen MR) is 141 cm³/mol. The molecular formula is C27H26F2N6O3. The predicted octanol–water partition coefficient (Wildman–Crippen LogP) is 4.56. The highest BCUT2D eigenvalue weighted by molar-refractivity contribution is 6.03. The number of urea groups is 1. The molecule has 2 amide bonds. The molecule has 1 aliphatic rings. The molecule has 0 bridgehead atoms. The number of amides is 2. The van der Waals surface area contributed by atoms with Crippen molar-refractivity contribution >= 4 is 28.3 Å². The summed E-state index contributed by atoms with van der Waals surface area (Å²) in [5.74, 6) is -1.60. The third kappa shape index (κ3) is 5.06. The summed E-state index contributed by atoms with van der Waals surface area (Å²) in [6, 6.07) is 8.26. The zero-order valence-electron chi connectivity index (χ0n) is 20.5. The van der Waals surface area contributed by atoms with Gasteiger partial charge in [0.25, 0.3) is 0 Å². The summed E-state index contributed by atoms with van der Waals surface area (Å²) in [7, 11) is 1.29. The van der Waals surface area contributed by atoms with Gasteiger partial charge in [0.05, 0.1) is 30.2 Å². The van der Waals surface area contributed by atoms with Crippen LogP contribution in [-0.2, 0) is 4.84 Å². The van der Waals surface area contributed by atoms with Crippen LogP contribution in [0.2, 0.25) is 0 Å². The Bertz CT molecular complexity index is 1490. The molecule has 1 aliphatic heterocycles. The van der Waals surface area contributed by atoms with E-state index >= 15 is 0 Å². The number of anilines is 2. The number of aromatic nitrogens is 2. The Balaban J connectivity index is 1.71. The van der Waals surface area contributed by atoms with Crippen molar-refractivity contribution in [2.45, 2.75) is 18.9 Å². The molecule has 4 aromatic rings. The summed E-state index contributed by atoms with van der Waals surface area (Å²) in [4.78, 5) is 27.6. The maximum absolute atomic E-state index is 14.2. The molecule has 11 heteroatoms. The average Bonchev–Trinajstić information content (AvgIpc) is 2.89. The van der Waals surface area contributed by atoms with E-state index in [2.05, 4.69) is 30.5 Å². The van der Waals surface area contributed by atoms with Crippen LogP contribution in [-0.4, -0.2) is 47.3 Å². The number of benzene rings is 2. The van der Waals surface area contributed by atoms with Crippen LogP contribution in [0, 0.1) is 11.6 Å². The van der Waals surface area contributed by atoms with Crippen LogP contribution in [0.1, 0.15) is 12.8 Å². The molecule has 0 saturated carbocycles. The number of hydrogen-bond acceptors (Lipinski definition) is 7. The van der Waals surface area contributed by atoms with E-state index in [1.807, 2.05) is 12.1 Å². The van der Waals surface area contributed by atoms with Gasteiger partial charge < -0.3 is 21.1 Å². The molecule has 2 aromatic heterocycles. The van der Waals surface area contributed by atoms with Crippen molar-refractivity contribution in [1.82, 2.24) is 15.4 Å². The maximum atomic E-state index is 14.2. The van der Waals surface area contributed by atoms with Crippen LogP contribution in [0.3, 0.4) is 0 Å². The standard InChI is InChI=1S/C27H26F2N6O3/c1-38-34-27(37)33-25-21(12-31-14-24(25)36)15-2-3-23-20(10-15)26(35-6-4-19(30)5-7-35)22(13-32-23)16-8-17(28)11-18(29)9-16/h2-3,8-14,19,36H,4-7,30H2,1H3,(H2,31,33,34,37). The Labute approximate surface area is 217 Å². The first-order valence-corrected chi connectivity index (χ1v) is 12.0. The Morgan fingerprint density at radius 2 is 1.79 bits per heavy atom. The SMILES string of the molecule is CONC(=O)Nc1c(O)cncc1-c1ccc2ncc(-c3cc(F)cc(F)c3)c(N3CCC(N)CC3)c2c1. The van der Waals surface area contributed by atoms with Crippen molar-refractivity contribution in [1.29, 1.82) is 0 Å². The molecule has 196 valence electrons. The van der Waals surface area contributed by atoms with Crippen molar-refractivity contribution < 1.29 is 23.5 Å². The summed E-state index contributed by atoms with van der Waals surface area (Å²) in [6.07, 6.45) is 5.88. The minimum Gasteiger partial charge on any atom is -0.504 e. The number of carbonyl (C=O) groups excluding carboxylic acids is 1. The number of aromatic hydroxyl groups is 1. The lowest BCUT2D eigenvalue weighted by molar-refractivity contribution is 0.114. The van der Waals surface area contributed by atoms with Gasteiger partial charge in [0.15, 0.2) is 5.75 Å². The Morgan fingerprint density at radius 3 is 2.50 bits per heavy atom. The van der Waals surface area contributed by atoms with Crippen molar-refractivity contribution in [2.24, 2.45) is 5.73 Å². The number of hydroxylamine groups is 1. The van der Waals surface area contributed by atoms with E-state index in [4.69, 9.17) is 5.73 Å². The molecule has 9 nitrogen and oxygen atoms in total. The van der Waals surface area contributed by atoms with Gasteiger partial charge in [-0.1, -0.05) is 6.07 Å². The van der Waals surface area contributed by atoms with E-state index in [1.165, 1.54) is 31.6 Å². The zero-order chi connectivity index (χ0) is 26.8. The normalized spacial score (nSPS) is 14.1. The molecule has 5 N–H and O–H groups in total. The highest BCUT2D eigenvalue weighted by atomic mass is 19.1. The summed E-state index contributed by atoms with van der Waals surface area (Å²) in [5, 5.41) is 13.8. The number of rotatable bonds is 5. The number of carbonyl (C=O) groups is 1. The number of nitrogens with zero attached hydrogens (tertiary/aromatic N) is 3. The number of hydrogen-bond donors (Lipinski definition) is 4. The van der Waals surface area contributed by atoms with Gasteiger partial charge in [-0.3, -0.25) is 14.8 Å². The number of piperidine rings is 1. The Kier molecular flexibility index (Phi) is 7.03. The van der Waals surface area contributed by atoms with Crippen LogP contribution < -0.4 is 21.4 Å². The molecule has 0 radical (unpaired) electrons. The maximum Gasteiger partial charge on any atom is 0.343 e. The zero-order valence-corrected chi connectivity index (χ0v) is 20.5. The van der Waals surface area contributed by atoms with Crippen LogP contribution >= 0.6 is 0 Å². The quantitative estimate of drug-likeness (QED) is 0.284. The Morgan fingerprint density at radius 1 is 1.05 bits per heavy atom. The van der Waals surface area contributed by atoms with Gasteiger partial charge in [0.2, 0.25) is 0 Å². The molecule has 0 unspecified atom stereocenters. The van der Waals surface area contributed by atoms with Gasteiger partial charge in [0.1, 0.15) is 11.6 Å². The smallest absolute Gasteiger partial charge is 0.343 e. The highest BCUT2D eigenvalue weighted by Crippen LogP contribution is 2.41. The van der Waals surface area contributed by atoms with E-state index in [0.717, 1.165) is 30.0 Å². The van der Waals surface area contributed by atoms with Crippen LogP contribution in [0.25, 0.3) is 33.2 Å². The first-order valence-electron chi connectivity index (χ1n) is 12.0. The Hall–Kier alpha value is -4.35. The fraction of sp³-hybridized carbons (Fsp3) is 0.222. The number of fused-ring (bicyclic) bond motifs is 1. The number of pyridine rings is 2. The first kappa shape index (κ1) is 25.3. The van der Waals surface area contributed by atoms with Gasteiger partial charge in [-0.15, -0.1) is 0 Å². The second-order valence-corrected chi connectivity index (χ2v) is 9.08. The molecule has 1 saturated heterocycles. The van der Waals surface area contributed by atoms with Crippen molar-refractivity contribution in [3.63, 3.8) is 0 Å². The molecule has 0 spiro atoms. The third-order valence-corrected chi connectivity index (χ3v) is 6.54. The van der Waals surface area contributed by atoms with Crippen molar-refractivity contribution in [2.75, 3.05) is 30.4 Å².